The van der Waals surface area contributed by atoms with Gasteiger partial charge in [0.05, 0.1) is 0 Å². The Morgan fingerprint density at radius 3 is 2.71 bits per heavy atom. The quantitative estimate of drug-likeness (QED) is 0.748. The van der Waals surface area contributed by atoms with Crippen molar-refractivity contribution in [3.8, 4) is 0 Å². The molecule has 0 aromatic heterocycles. The molecule has 0 aliphatic carbocycles. The Balaban J connectivity index is 2.51. The fourth-order valence-electron chi connectivity index (χ4n) is 1.56. The Kier molecular flexibility index (Phi) is 5.05. The third kappa shape index (κ3) is 3.35. The molecule has 0 amide bonds. The molecule has 0 heterocycles. The van der Waals surface area contributed by atoms with Gasteiger partial charge in [-0.05, 0) is 31.2 Å². The second-order valence-electron chi connectivity index (χ2n) is 3.53. The second kappa shape index (κ2) is 6.10. The summed E-state index contributed by atoms with van der Waals surface area (Å²) in [6, 6.07) is 9.03. The van der Waals surface area contributed by atoms with E-state index in [4.69, 9.17) is 0 Å². The zero-order chi connectivity index (χ0) is 10.4. The van der Waals surface area contributed by atoms with Crippen LogP contribution in [0.3, 0.4) is 0 Å². The molecule has 1 nitrogen and oxygen atoms in total. The van der Waals surface area contributed by atoms with E-state index in [0.29, 0.717) is 6.04 Å². The molecular weight excluding hydrogens is 190 g/mol. The van der Waals surface area contributed by atoms with Crippen molar-refractivity contribution >= 4 is 11.8 Å². The molecule has 2 heteroatoms. The first-order valence-corrected chi connectivity index (χ1v) is 6.43. The fourth-order valence-corrected chi connectivity index (χ4v) is 1.88. The highest BCUT2D eigenvalue weighted by molar-refractivity contribution is 7.98. The van der Waals surface area contributed by atoms with Crippen molar-refractivity contribution in [2.75, 3.05) is 18.6 Å². The van der Waals surface area contributed by atoms with Crippen LogP contribution < -0.4 is 5.32 Å². The van der Waals surface area contributed by atoms with Gasteiger partial charge in [-0.25, -0.2) is 0 Å². The lowest BCUT2D eigenvalue weighted by Crippen LogP contribution is -2.21. The molecule has 78 valence electrons. The molecule has 0 saturated carbocycles. The van der Waals surface area contributed by atoms with Crippen molar-refractivity contribution in [3.63, 3.8) is 0 Å². The van der Waals surface area contributed by atoms with Gasteiger partial charge >= 0.3 is 0 Å². The summed E-state index contributed by atoms with van der Waals surface area (Å²) in [4.78, 5) is 0. The van der Waals surface area contributed by atoms with E-state index in [1.165, 1.54) is 16.9 Å². The Labute approximate surface area is 91.3 Å². The van der Waals surface area contributed by atoms with Gasteiger partial charge in [0.1, 0.15) is 0 Å². The van der Waals surface area contributed by atoms with E-state index >= 15 is 0 Å². The molecule has 0 unspecified atom stereocenters. The van der Waals surface area contributed by atoms with Crippen molar-refractivity contribution in [2.24, 2.45) is 0 Å². The monoisotopic (exact) mass is 209 g/mol. The molecule has 1 N–H and O–H groups in total. The summed E-state index contributed by atoms with van der Waals surface area (Å²) in [5, 5.41) is 3.52. The summed E-state index contributed by atoms with van der Waals surface area (Å²) in [7, 11) is 0. The number of nitrogens with one attached hydrogen (secondary N) is 1. The van der Waals surface area contributed by atoms with Gasteiger partial charge in [0.15, 0.2) is 0 Å². The molecule has 1 atom stereocenters. The number of hydrogen-bond donors (Lipinski definition) is 1. The Morgan fingerprint density at radius 1 is 1.36 bits per heavy atom. The van der Waals surface area contributed by atoms with Gasteiger partial charge in [-0.1, -0.05) is 24.3 Å². The number of aryl methyl sites for hydroxylation is 1. The minimum absolute atomic E-state index is 0.461. The first kappa shape index (κ1) is 11.6. The molecular formula is C12H19NS. The Morgan fingerprint density at radius 2 is 2.07 bits per heavy atom. The third-order valence-corrected chi connectivity index (χ3v) is 3.02. The summed E-state index contributed by atoms with van der Waals surface area (Å²) in [5.74, 6) is 1.18. The first-order valence-electron chi connectivity index (χ1n) is 5.03. The van der Waals surface area contributed by atoms with Crippen LogP contribution in [0.2, 0.25) is 0 Å². The third-order valence-electron chi connectivity index (χ3n) is 2.41. The molecule has 0 bridgehead atoms. The van der Waals surface area contributed by atoms with E-state index in [0.717, 1.165) is 6.54 Å². The van der Waals surface area contributed by atoms with Crippen LogP contribution in [-0.2, 0) is 0 Å². The topological polar surface area (TPSA) is 12.0 Å². The molecule has 0 aliphatic heterocycles. The Bertz CT molecular complexity index is 273. The molecule has 1 aromatic rings. The van der Waals surface area contributed by atoms with Crippen LogP contribution in [0.4, 0.5) is 0 Å². The van der Waals surface area contributed by atoms with E-state index in [-0.39, 0.29) is 0 Å². The molecule has 0 saturated heterocycles. The van der Waals surface area contributed by atoms with E-state index in [9.17, 15) is 0 Å². The van der Waals surface area contributed by atoms with Crippen LogP contribution in [0.5, 0.6) is 0 Å². The minimum Gasteiger partial charge on any atom is -0.309 e. The summed E-state index contributed by atoms with van der Waals surface area (Å²) >= 11 is 1.88. The molecule has 0 radical (unpaired) electrons. The van der Waals surface area contributed by atoms with E-state index in [1.54, 1.807) is 0 Å². The fraction of sp³-hybridized carbons (Fsp3) is 0.500. The van der Waals surface area contributed by atoms with Crippen LogP contribution in [0.1, 0.15) is 24.1 Å². The predicted molar refractivity (Wildman–Crippen MR) is 66.0 cm³/mol. The van der Waals surface area contributed by atoms with Crippen molar-refractivity contribution in [1.29, 1.82) is 0 Å². The zero-order valence-corrected chi connectivity index (χ0v) is 10.0. The maximum Gasteiger partial charge on any atom is 0.0294 e. The van der Waals surface area contributed by atoms with Gasteiger partial charge in [0.25, 0.3) is 0 Å². The highest BCUT2D eigenvalue weighted by Crippen LogP contribution is 2.16. The molecule has 1 rings (SSSR count). The number of benzene rings is 1. The van der Waals surface area contributed by atoms with Gasteiger partial charge in [0.2, 0.25) is 0 Å². The molecule has 14 heavy (non-hydrogen) atoms. The van der Waals surface area contributed by atoms with Gasteiger partial charge in [-0.2, -0.15) is 11.8 Å². The molecule has 1 aromatic carbocycles. The molecule has 0 spiro atoms. The standard InChI is InChI=1S/C12H19NS/c1-10-6-4-5-7-12(10)11(2)13-8-9-14-3/h4-7,11,13H,8-9H2,1-3H3/t11-/m0/s1. The summed E-state index contributed by atoms with van der Waals surface area (Å²) in [6.45, 7) is 5.47. The lowest BCUT2D eigenvalue weighted by molar-refractivity contribution is 0.598. The Hall–Kier alpha value is -0.470. The van der Waals surface area contributed by atoms with Gasteiger partial charge in [-0.15, -0.1) is 0 Å². The van der Waals surface area contributed by atoms with Crippen LogP contribution in [0.25, 0.3) is 0 Å². The van der Waals surface area contributed by atoms with Crippen molar-refractivity contribution in [3.05, 3.63) is 35.4 Å². The number of rotatable bonds is 5. The number of hydrogen-bond acceptors (Lipinski definition) is 2. The van der Waals surface area contributed by atoms with Crippen LogP contribution in [0, 0.1) is 6.92 Å². The summed E-state index contributed by atoms with van der Waals surface area (Å²) in [6.07, 6.45) is 2.14. The van der Waals surface area contributed by atoms with Crippen molar-refractivity contribution in [1.82, 2.24) is 5.32 Å². The first-order chi connectivity index (χ1) is 6.75. The average molecular weight is 209 g/mol. The maximum atomic E-state index is 3.52. The summed E-state index contributed by atoms with van der Waals surface area (Å²) < 4.78 is 0. The van der Waals surface area contributed by atoms with Gasteiger partial charge in [-0.3, -0.25) is 0 Å². The minimum atomic E-state index is 0.461. The highest BCUT2D eigenvalue weighted by atomic mass is 32.2. The smallest absolute Gasteiger partial charge is 0.0294 e. The molecule has 0 fully saturated rings. The van der Waals surface area contributed by atoms with E-state index < -0.39 is 0 Å². The van der Waals surface area contributed by atoms with Crippen molar-refractivity contribution < 1.29 is 0 Å². The lowest BCUT2D eigenvalue weighted by atomic mass is 10.0. The molecule has 0 aliphatic rings. The van der Waals surface area contributed by atoms with Gasteiger partial charge < -0.3 is 5.32 Å². The van der Waals surface area contributed by atoms with E-state index in [1.807, 2.05) is 11.8 Å². The van der Waals surface area contributed by atoms with Crippen LogP contribution >= 0.6 is 11.8 Å². The zero-order valence-electron chi connectivity index (χ0n) is 9.21. The highest BCUT2D eigenvalue weighted by Gasteiger charge is 2.05. The lowest BCUT2D eigenvalue weighted by Gasteiger charge is -2.15. The van der Waals surface area contributed by atoms with E-state index in [2.05, 4.69) is 49.7 Å². The van der Waals surface area contributed by atoms with Crippen LogP contribution in [0.15, 0.2) is 24.3 Å². The number of thioether (sulfide) groups is 1. The maximum absolute atomic E-state index is 3.52. The average Bonchev–Trinajstić information content (AvgIpc) is 2.18. The second-order valence-corrected chi connectivity index (χ2v) is 4.51. The normalized spacial score (nSPS) is 12.8. The predicted octanol–water partition coefficient (Wildman–Crippen LogP) is 3.01. The van der Waals surface area contributed by atoms with Crippen LogP contribution in [-0.4, -0.2) is 18.6 Å². The van der Waals surface area contributed by atoms with Crippen molar-refractivity contribution in [2.45, 2.75) is 19.9 Å². The summed E-state index contributed by atoms with van der Waals surface area (Å²) in [5.41, 5.74) is 2.78. The van der Waals surface area contributed by atoms with Gasteiger partial charge in [0, 0.05) is 18.3 Å². The largest absolute Gasteiger partial charge is 0.309 e. The SMILES string of the molecule is CSCCN[C@@H](C)c1ccccc1C.